The Bertz CT molecular complexity index is 1050. The van der Waals surface area contributed by atoms with E-state index in [1.54, 1.807) is 30.1 Å². The SMILES string of the molecule is COc1ccc(CCNc2ccc3nnc(-c4ccsc4)n3n2)cc1OC. The molecule has 0 unspecified atom stereocenters. The van der Waals surface area contributed by atoms with Gasteiger partial charge in [-0.05, 0) is 47.7 Å². The number of fused-ring (bicyclic) bond motifs is 1. The van der Waals surface area contributed by atoms with Crippen molar-refractivity contribution in [2.24, 2.45) is 0 Å². The van der Waals surface area contributed by atoms with Gasteiger partial charge in [0, 0.05) is 17.5 Å². The lowest BCUT2D eigenvalue weighted by Gasteiger charge is -2.10. The summed E-state index contributed by atoms with van der Waals surface area (Å²) in [5, 5.41) is 20.5. The summed E-state index contributed by atoms with van der Waals surface area (Å²) >= 11 is 1.62. The van der Waals surface area contributed by atoms with Gasteiger partial charge in [0.2, 0.25) is 0 Å². The first-order valence-corrected chi connectivity index (χ1v) is 9.42. The number of rotatable bonds is 7. The van der Waals surface area contributed by atoms with E-state index in [9.17, 15) is 0 Å². The van der Waals surface area contributed by atoms with Crippen LogP contribution >= 0.6 is 11.3 Å². The minimum atomic E-state index is 0.724. The molecule has 4 aromatic rings. The molecule has 7 nitrogen and oxygen atoms in total. The Morgan fingerprint density at radius 1 is 1.04 bits per heavy atom. The zero-order valence-electron chi connectivity index (χ0n) is 15.0. The number of hydrogen-bond acceptors (Lipinski definition) is 7. The number of nitrogens with zero attached hydrogens (tertiary/aromatic N) is 4. The van der Waals surface area contributed by atoms with Gasteiger partial charge in [-0.15, -0.1) is 15.3 Å². The molecule has 0 aliphatic heterocycles. The molecule has 0 amide bonds. The van der Waals surface area contributed by atoms with Gasteiger partial charge in [-0.2, -0.15) is 15.9 Å². The molecule has 3 aromatic heterocycles. The first-order valence-electron chi connectivity index (χ1n) is 8.48. The van der Waals surface area contributed by atoms with E-state index in [2.05, 4.69) is 20.6 Å². The van der Waals surface area contributed by atoms with Crippen LogP contribution in [0.15, 0.2) is 47.2 Å². The molecule has 0 bridgehead atoms. The van der Waals surface area contributed by atoms with Crippen LogP contribution in [0.1, 0.15) is 5.56 Å². The first kappa shape index (κ1) is 17.3. The maximum Gasteiger partial charge on any atom is 0.186 e. The van der Waals surface area contributed by atoms with Crippen LogP contribution in [0.2, 0.25) is 0 Å². The molecule has 1 N–H and O–H groups in total. The van der Waals surface area contributed by atoms with E-state index >= 15 is 0 Å². The highest BCUT2D eigenvalue weighted by atomic mass is 32.1. The van der Waals surface area contributed by atoms with E-state index in [0.717, 1.165) is 52.9 Å². The van der Waals surface area contributed by atoms with E-state index < -0.39 is 0 Å². The fourth-order valence-corrected chi connectivity index (χ4v) is 3.46. The minimum Gasteiger partial charge on any atom is -0.493 e. The average molecular weight is 381 g/mol. The molecule has 27 heavy (non-hydrogen) atoms. The highest BCUT2D eigenvalue weighted by Gasteiger charge is 2.10. The second-order valence-corrected chi connectivity index (χ2v) is 6.67. The molecule has 8 heteroatoms. The molecule has 3 heterocycles. The minimum absolute atomic E-state index is 0.724. The molecule has 0 saturated carbocycles. The number of anilines is 1. The molecule has 138 valence electrons. The second kappa shape index (κ2) is 7.63. The molecule has 0 fully saturated rings. The normalized spacial score (nSPS) is 10.9. The quantitative estimate of drug-likeness (QED) is 0.528. The Balaban J connectivity index is 1.47. The summed E-state index contributed by atoms with van der Waals surface area (Å²) < 4.78 is 12.4. The fourth-order valence-electron chi connectivity index (χ4n) is 2.83. The van der Waals surface area contributed by atoms with E-state index in [4.69, 9.17) is 9.47 Å². The monoisotopic (exact) mass is 381 g/mol. The topological polar surface area (TPSA) is 73.6 Å². The van der Waals surface area contributed by atoms with E-state index in [-0.39, 0.29) is 0 Å². The van der Waals surface area contributed by atoms with Crippen LogP contribution in [-0.2, 0) is 6.42 Å². The van der Waals surface area contributed by atoms with Crippen molar-refractivity contribution in [3.05, 3.63) is 52.7 Å². The van der Waals surface area contributed by atoms with Gasteiger partial charge in [-0.3, -0.25) is 0 Å². The van der Waals surface area contributed by atoms with Crippen molar-refractivity contribution in [2.75, 3.05) is 26.1 Å². The standard InChI is InChI=1S/C19H19N5O2S/c1-25-15-4-3-13(11-16(15)26-2)7-9-20-17-5-6-18-21-22-19(24(18)23-17)14-8-10-27-12-14/h3-6,8,10-12H,7,9H2,1-2H3,(H,20,23). The maximum absolute atomic E-state index is 5.36. The molecule has 0 atom stereocenters. The summed E-state index contributed by atoms with van der Waals surface area (Å²) in [6, 6.07) is 11.8. The summed E-state index contributed by atoms with van der Waals surface area (Å²) in [4.78, 5) is 0. The van der Waals surface area contributed by atoms with Crippen molar-refractivity contribution in [2.45, 2.75) is 6.42 Å². The molecule has 0 aliphatic rings. The Hall–Kier alpha value is -3.13. The van der Waals surface area contributed by atoms with Gasteiger partial charge in [0.15, 0.2) is 23.0 Å². The lowest BCUT2D eigenvalue weighted by atomic mass is 10.1. The number of thiophene rings is 1. The van der Waals surface area contributed by atoms with E-state index in [1.807, 2.05) is 47.2 Å². The fraction of sp³-hybridized carbons (Fsp3) is 0.211. The van der Waals surface area contributed by atoms with Crippen LogP contribution in [0.3, 0.4) is 0 Å². The third kappa shape index (κ3) is 3.56. The van der Waals surface area contributed by atoms with E-state index in [1.165, 1.54) is 0 Å². The highest BCUT2D eigenvalue weighted by molar-refractivity contribution is 7.08. The molecule has 0 aliphatic carbocycles. The van der Waals surface area contributed by atoms with Crippen molar-refractivity contribution < 1.29 is 9.47 Å². The number of ether oxygens (including phenoxy) is 2. The summed E-state index contributed by atoms with van der Waals surface area (Å²) in [6.07, 6.45) is 0.833. The second-order valence-electron chi connectivity index (χ2n) is 5.89. The smallest absolute Gasteiger partial charge is 0.186 e. The maximum atomic E-state index is 5.36. The van der Waals surface area contributed by atoms with Crippen LogP contribution in [0, 0.1) is 0 Å². The molecule has 0 spiro atoms. The van der Waals surface area contributed by atoms with Gasteiger partial charge in [0.1, 0.15) is 5.82 Å². The highest BCUT2D eigenvalue weighted by Crippen LogP contribution is 2.27. The summed E-state index contributed by atoms with van der Waals surface area (Å²) in [5.41, 5.74) is 2.90. The van der Waals surface area contributed by atoms with Crippen LogP contribution in [0.5, 0.6) is 11.5 Å². The number of methoxy groups -OCH3 is 2. The molecular weight excluding hydrogens is 362 g/mol. The molecule has 0 saturated heterocycles. The third-order valence-electron chi connectivity index (χ3n) is 4.21. The van der Waals surface area contributed by atoms with Crippen LogP contribution in [0.4, 0.5) is 5.82 Å². The summed E-state index contributed by atoms with van der Waals surface area (Å²) in [6.45, 7) is 0.740. The lowest BCUT2D eigenvalue weighted by molar-refractivity contribution is 0.354. The predicted molar refractivity (Wildman–Crippen MR) is 106 cm³/mol. The summed E-state index contributed by atoms with van der Waals surface area (Å²) in [5.74, 6) is 2.99. The molecule has 1 aromatic carbocycles. The van der Waals surface area contributed by atoms with Crippen LogP contribution in [0.25, 0.3) is 17.0 Å². The first-order chi connectivity index (χ1) is 13.3. The predicted octanol–water partition coefficient (Wildman–Crippen LogP) is 3.52. The summed E-state index contributed by atoms with van der Waals surface area (Å²) in [7, 11) is 3.28. The Morgan fingerprint density at radius 3 is 2.70 bits per heavy atom. The van der Waals surface area contributed by atoms with Crippen molar-refractivity contribution in [1.29, 1.82) is 0 Å². The third-order valence-corrected chi connectivity index (χ3v) is 4.89. The Labute approximate surface area is 160 Å². The average Bonchev–Trinajstić information content (AvgIpc) is 3.37. The Morgan fingerprint density at radius 2 is 1.93 bits per heavy atom. The van der Waals surface area contributed by atoms with Gasteiger partial charge in [-0.1, -0.05) is 6.07 Å². The lowest BCUT2D eigenvalue weighted by Crippen LogP contribution is -2.08. The number of nitrogens with one attached hydrogen (secondary N) is 1. The van der Waals surface area contributed by atoms with Crippen molar-refractivity contribution in [3.8, 4) is 22.9 Å². The number of benzene rings is 1. The van der Waals surface area contributed by atoms with Crippen LogP contribution < -0.4 is 14.8 Å². The van der Waals surface area contributed by atoms with Gasteiger partial charge in [-0.25, -0.2) is 0 Å². The van der Waals surface area contributed by atoms with Gasteiger partial charge in [0.05, 0.1) is 14.2 Å². The van der Waals surface area contributed by atoms with E-state index in [0.29, 0.717) is 0 Å². The largest absolute Gasteiger partial charge is 0.493 e. The Kier molecular flexibility index (Phi) is 4.88. The van der Waals surface area contributed by atoms with Crippen molar-refractivity contribution in [1.82, 2.24) is 19.8 Å². The number of aromatic nitrogens is 4. The molecule has 0 radical (unpaired) electrons. The molecule has 4 rings (SSSR count). The van der Waals surface area contributed by atoms with Gasteiger partial charge in [0.25, 0.3) is 0 Å². The number of hydrogen-bond donors (Lipinski definition) is 1. The van der Waals surface area contributed by atoms with Gasteiger partial charge >= 0.3 is 0 Å². The zero-order valence-corrected chi connectivity index (χ0v) is 15.9. The molecular formula is C19H19N5O2S. The van der Waals surface area contributed by atoms with Crippen LogP contribution in [-0.4, -0.2) is 40.6 Å². The van der Waals surface area contributed by atoms with Crippen molar-refractivity contribution in [3.63, 3.8) is 0 Å². The van der Waals surface area contributed by atoms with Crippen molar-refractivity contribution >= 4 is 22.8 Å². The zero-order chi connectivity index (χ0) is 18.6. The van der Waals surface area contributed by atoms with Gasteiger partial charge < -0.3 is 14.8 Å².